The molecule has 2 aromatic rings. The predicted octanol–water partition coefficient (Wildman–Crippen LogP) is 3.24. The van der Waals surface area contributed by atoms with E-state index in [1.807, 2.05) is 6.07 Å². The number of benzene rings is 1. The number of hydrogen-bond acceptors (Lipinski definition) is 5. The smallest absolute Gasteiger partial charge is 0.191 e. The first-order valence-electron chi connectivity index (χ1n) is 5.01. The van der Waals surface area contributed by atoms with E-state index in [1.54, 1.807) is 12.1 Å². The zero-order chi connectivity index (χ0) is 13.1. The summed E-state index contributed by atoms with van der Waals surface area (Å²) in [5.74, 6) is 1.33. The van der Waals surface area contributed by atoms with E-state index in [0.717, 1.165) is 5.56 Å². The van der Waals surface area contributed by atoms with Crippen molar-refractivity contribution in [1.29, 1.82) is 0 Å². The Morgan fingerprint density at radius 3 is 2.33 bits per heavy atom. The van der Waals surface area contributed by atoms with Gasteiger partial charge in [0.05, 0.1) is 0 Å². The molecule has 0 saturated carbocycles. The Balaban J connectivity index is 2.11. The molecular formula is C11H10Cl2N4S. The van der Waals surface area contributed by atoms with Crippen molar-refractivity contribution in [3.05, 3.63) is 39.9 Å². The van der Waals surface area contributed by atoms with Gasteiger partial charge in [-0.05, 0) is 17.7 Å². The fraction of sp³-hybridized carbons (Fsp3) is 0.0909. The number of aromatic nitrogens is 2. The van der Waals surface area contributed by atoms with Crippen molar-refractivity contribution in [2.45, 2.75) is 10.9 Å². The second-order valence-electron chi connectivity index (χ2n) is 3.52. The van der Waals surface area contributed by atoms with Gasteiger partial charge in [-0.1, -0.05) is 41.0 Å². The van der Waals surface area contributed by atoms with E-state index in [4.69, 9.17) is 34.7 Å². The average Bonchev–Trinajstić information content (AvgIpc) is 2.26. The lowest BCUT2D eigenvalue weighted by Crippen LogP contribution is -1.99. The standard InChI is InChI=1S/C11H10Cl2N4S/c12-7-2-1-6(8(13)3-7)5-18-11-16-9(14)4-10(15)17-11/h1-4H,5H2,(H4,14,15,16,17). The van der Waals surface area contributed by atoms with Crippen LogP contribution >= 0.6 is 35.0 Å². The molecule has 0 amide bonds. The molecule has 2 rings (SSSR count). The lowest BCUT2D eigenvalue weighted by atomic mass is 10.2. The van der Waals surface area contributed by atoms with Crippen molar-refractivity contribution in [2.24, 2.45) is 0 Å². The number of halogens is 2. The summed E-state index contributed by atoms with van der Waals surface area (Å²) in [5.41, 5.74) is 12.1. The molecule has 0 spiro atoms. The molecule has 0 saturated heterocycles. The van der Waals surface area contributed by atoms with Crippen LogP contribution in [-0.2, 0) is 5.75 Å². The fourth-order valence-corrected chi connectivity index (χ4v) is 2.74. The summed E-state index contributed by atoms with van der Waals surface area (Å²) in [6.07, 6.45) is 0. The average molecular weight is 301 g/mol. The molecule has 0 aliphatic carbocycles. The Hall–Kier alpha value is -1.17. The Labute approximate surface area is 119 Å². The SMILES string of the molecule is Nc1cc(N)nc(SCc2ccc(Cl)cc2Cl)n1. The molecule has 0 atom stereocenters. The first-order chi connectivity index (χ1) is 8.54. The van der Waals surface area contributed by atoms with Crippen molar-refractivity contribution < 1.29 is 0 Å². The number of nitrogens with zero attached hydrogens (tertiary/aromatic N) is 2. The van der Waals surface area contributed by atoms with Crippen molar-refractivity contribution in [2.75, 3.05) is 11.5 Å². The summed E-state index contributed by atoms with van der Waals surface area (Å²) in [6, 6.07) is 6.87. The van der Waals surface area contributed by atoms with Crippen LogP contribution in [-0.4, -0.2) is 9.97 Å². The van der Waals surface area contributed by atoms with E-state index < -0.39 is 0 Å². The third-order valence-electron chi connectivity index (χ3n) is 2.12. The maximum atomic E-state index is 6.07. The largest absolute Gasteiger partial charge is 0.383 e. The van der Waals surface area contributed by atoms with Crippen LogP contribution in [0.2, 0.25) is 10.0 Å². The van der Waals surface area contributed by atoms with Gasteiger partial charge in [0, 0.05) is 21.9 Å². The molecule has 0 aliphatic rings. The van der Waals surface area contributed by atoms with E-state index in [0.29, 0.717) is 32.6 Å². The highest BCUT2D eigenvalue weighted by Gasteiger charge is 2.05. The molecular weight excluding hydrogens is 291 g/mol. The van der Waals surface area contributed by atoms with Gasteiger partial charge >= 0.3 is 0 Å². The molecule has 94 valence electrons. The maximum absolute atomic E-state index is 6.07. The minimum atomic E-state index is 0.354. The van der Waals surface area contributed by atoms with Gasteiger partial charge in [0.25, 0.3) is 0 Å². The minimum Gasteiger partial charge on any atom is -0.383 e. The van der Waals surface area contributed by atoms with Gasteiger partial charge in [0.15, 0.2) is 5.16 Å². The molecule has 0 unspecified atom stereocenters. The molecule has 18 heavy (non-hydrogen) atoms. The van der Waals surface area contributed by atoms with E-state index in [1.165, 1.54) is 17.8 Å². The maximum Gasteiger partial charge on any atom is 0.191 e. The lowest BCUT2D eigenvalue weighted by Gasteiger charge is -2.05. The van der Waals surface area contributed by atoms with Crippen LogP contribution in [0.4, 0.5) is 11.6 Å². The highest BCUT2D eigenvalue weighted by Crippen LogP contribution is 2.27. The molecule has 4 nitrogen and oxygen atoms in total. The number of anilines is 2. The predicted molar refractivity (Wildman–Crippen MR) is 76.9 cm³/mol. The van der Waals surface area contributed by atoms with Gasteiger partial charge in [-0.15, -0.1) is 0 Å². The number of hydrogen-bond donors (Lipinski definition) is 2. The number of thioether (sulfide) groups is 1. The molecule has 1 aromatic heterocycles. The Morgan fingerprint density at radius 1 is 1.06 bits per heavy atom. The molecule has 1 aromatic carbocycles. The van der Waals surface area contributed by atoms with Crippen LogP contribution in [0.3, 0.4) is 0 Å². The van der Waals surface area contributed by atoms with E-state index in [-0.39, 0.29) is 0 Å². The highest BCUT2D eigenvalue weighted by atomic mass is 35.5. The van der Waals surface area contributed by atoms with Crippen molar-refractivity contribution in [3.8, 4) is 0 Å². The second-order valence-corrected chi connectivity index (χ2v) is 5.31. The van der Waals surface area contributed by atoms with E-state index >= 15 is 0 Å². The Bertz CT molecular complexity index is 557. The first kappa shape index (κ1) is 13.3. The van der Waals surface area contributed by atoms with Gasteiger partial charge < -0.3 is 11.5 Å². The summed E-state index contributed by atoms with van der Waals surface area (Å²) in [6.45, 7) is 0. The minimum absolute atomic E-state index is 0.354. The number of rotatable bonds is 3. The monoisotopic (exact) mass is 300 g/mol. The molecule has 1 heterocycles. The van der Waals surface area contributed by atoms with Crippen LogP contribution in [0.1, 0.15) is 5.56 Å². The summed E-state index contributed by atoms with van der Waals surface area (Å²) in [7, 11) is 0. The lowest BCUT2D eigenvalue weighted by molar-refractivity contribution is 0.984. The molecule has 0 radical (unpaired) electrons. The third kappa shape index (κ3) is 3.41. The number of nitrogen functional groups attached to an aromatic ring is 2. The van der Waals surface area contributed by atoms with Gasteiger partial charge in [-0.25, -0.2) is 9.97 Å². The normalized spacial score (nSPS) is 10.6. The van der Waals surface area contributed by atoms with Gasteiger partial charge in [-0.2, -0.15) is 0 Å². The van der Waals surface area contributed by atoms with Crippen LogP contribution < -0.4 is 11.5 Å². The van der Waals surface area contributed by atoms with Crippen LogP contribution in [0, 0.1) is 0 Å². The molecule has 7 heteroatoms. The van der Waals surface area contributed by atoms with Gasteiger partial charge in [-0.3, -0.25) is 0 Å². The Kier molecular flexibility index (Phi) is 4.16. The van der Waals surface area contributed by atoms with E-state index in [2.05, 4.69) is 9.97 Å². The van der Waals surface area contributed by atoms with Crippen LogP contribution in [0.15, 0.2) is 29.4 Å². The van der Waals surface area contributed by atoms with Crippen molar-refractivity contribution in [3.63, 3.8) is 0 Å². The van der Waals surface area contributed by atoms with Crippen molar-refractivity contribution >= 4 is 46.6 Å². The van der Waals surface area contributed by atoms with Crippen LogP contribution in [0.25, 0.3) is 0 Å². The zero-order valence-corrected chi connectivity index (χ0v) is 11.6. The van der Waals surface area contributed by atoms with Gasteiger partial charge in [0.2, 0.25) is 0 Å². The Morgan fingerprint density at radius 2 is 1.72 bits per heavy atom. The summed E-state index contributed by atoms with van der Waals surface area (Å²) >= 11 is 13.3. The van der Waals surface area contributed by atoms with Crippen LogP contribution in [0.5, 0.6) is 0 Å². The summed E-state index contributed by atoms with van der Waals surface area (Å²) < 4.78 is 0. The third-order valence-corrected chi connectivity index (χ3v) is 3.60. The molecule has 0 bridgehead atoms. The first-order valence-corrected chi connectivity index (χ1v) is 6.75. The topological polar surface area (TPSA) is 77.8 Å². The zero-order valence-electron chi connectivity index (χ0n) is 9.23. The molecule has 0 aliphatic heterocycles. The number of nitrogens with two attached hydrogens (primary N) is 2. The summed E-state index contributed by atoms with van der Waals surface area (Å²) in [4.78, 5) is 8.15. The quantitative estimate of drug-likeness (QED) is 0.672. The summed E-state index contributed by atoms with van der Waals surface area (Å²) in [5, 5.41) is 1.75. The van der Waals surface area contributed by atoms with Crippen molar-refractivity contribution in [1.82, 2.24) is 9.97 Å². The van der Waals surface area contributed by atoms with E-state index in [9.17, 15) is 0 Å². The highest BCUT2D eigenvalue weighted by molar-refractivity contribution is 7.98. The molecule has 4 N–H and O–H groups in total. The fourth-order valence-electron chi connectivity index (χ4n) is 1.31. The molecule has 0 fully saturated rings. The second kappa shape index (κ2) is 5.65. The van der Waals surface area contributed by atoms with Gasteiger partial charge in [0.1, 0.15) is 11.6 Å².